The molecule has 0 saturated heterocycles. The molecule has 178 valence electrons. The molecule has 0 atom stereocenters. The van der Waals surface area contributed by atoms with Gasteiger partial charge in [-0.05, 0) is 0 Å². The van der Waals surface area contributed by atoms with Crippen molar-refractivity contribution in [3.63, 3.8) is 0 Å². The van der Waals surface area contributed by atoms with E-state index in [-0.39, 0.29) is 24.8 Å². The predicted molar refractivity (Wildman–Crippen MR) is 141 cm³/mol. The van der Waals surface area contributed by atoms with Crippen LogP contribution in [0.5, 0.6) is 0 Å². The van der Waals surface area contributed by atoms with Crippen LogP contribution in [0.2, 0.25) is 0 Å². The van der Waals surface area contributed by atoms with Gasteiger partial charge in [0.25, 0.3) is 0 Å². The number of benzene rings is 4. The summed E-state index contributed by atoms with van der Waals surface area (Å²) in [6, 6.07) is 36.6. The molecule has 0 saturated carbocycles. The first-order valence-corrected chi connectivity index (χ1v) is 14.6. The molecule has 3 heteroatoms. The standard InChI is InChI=1S/C15H13.C13H10.C5H5.2ClH.Ti/c1-10-3-5-14-12(7-10)9-13-8-11(2)4-6-15(13)14;1-3-7-12(8-4-1)11-13-9-5-2-6-10-13;1-2-4-5-3-1;;;/h3-9H,1-2H3;1-10H;1-3H,4H2;2*1H;/q;;;;;+2/p-2. The zero-order chi connectivity index (χ0) is 23.1. The van der Waals surface area contributed by atoms with E-state index in [1.807, 2.05) is 0 Å². The smallest absolute Gasteiger partial charge is 1.00 e. The van der Waals surface area contributed by atoms with Gasteiger partial charge in [0.1, 0.15) is 0 Å². The predicted octanol–water partition coefficient (Wildman–Crippen LogP) is 2.11. The monoisotopic (exact) mass is 542 g/mol. The van der Waals surface area contributed by atoms with Crippen LogP contribution in [0.25, 0.3) is 11.1 Å². The second kappa shape index (κ2) is 11.3. The number of fused-ring (bicyclic) bond motifs is 3. The van der Waals surface area contributed by atoms with E-state index in [1.54, 1.807) is 7.69 Å². The SMILES string of the molecule is Cc1ccc2c(c1)[CH]([Ti+2]([C]1=CC=CC1)=[C](c1ccccc1)c1ccccc1)c1cc(C)ccc1-2.[Cl-].[Cl-]. The minimum absolute atomic E-state index is 0. The van der Waals surface area contributed by atoms with Gasteiger partial charge in [0.15, 0.2) is 0 Å². The molecular formula is C33H28Cl2Ti. The summed E-state index contributed by atoms with van der Waals surface area (Å²) in [4.78, 5) is 0. The van der Waals surface area contributed by atoms with E-state index in [9.17, 15) is 0 Å². The Morgan fingerprint density at radius 1 is 0.667 bits per heavy atom. The summed E-state index contributed by atoms with van der Waals surface area (Å²) < 4.78 is 3.70. The molecule has 0 fully saturated rings. The van der Waals surface area contributed by atoms with Gasteiger partial charge in [0.2, 0.25) is 0 Å². The molecule has 0 aromatic heterocycles. The Hall–Kier alpha value is -2.48. The van der Waals surface area contributed by atoms with Crippen LogP contribution >= 0.6 is 0 Å². The number of hydrogen-bond donors (Lipinski definition) is 0. The van der Waals surface area contributed by atoms with Crippen molar-refractivity contribution in [3.8, 4) is 11.1 Å². The van der Waals surface area contributed by atoms with Gasteiger partial charge in [-0.1, -0.05) is 0 Å². The Morgan fingerprint density at radius 3 is 1.61 bits per heavy atom. The molecule has 0 heterocycles. The van der Waals surface area contributed by atoms with E-state index < -0.39 is 17.4 Å². The Kier molecular flexibility index (Phi) is 8.33. The quantitative estimate of drug-likeness (QED) is 0.346. The summed E-state index contributed by atoms with van der Waals surface area (Å²) in [7, 11) is 0. The van der Waals surface area contributed by atoms with E-state index in [2.05, 4.69) is 129 Å². The normalized spacial score (nSPS) is 13.0. The minimum Gasteiger partial charge on any atom is -1.00 e. The first-order chi connectivity index (χ1) is 16.7. The molecule has 6 rings (SSSR count). The van der Waals surface area contributed by atoms with Crippen molar-refractivity contribution in [1.82, 2.24) is 0 Å². The number of rotatable bonds is 4. The van der Waals surface area contributed by atoms with Gasteiger partial charge in [-0.2, -0.15) is 0 Å². The molecule has 0 bridgehead atoms. The Morgan fingerprint density at radius 2 is 1.17 bits per heavy atom. The van der Waals surface area contributed by atoms with E-state index in [4.69, 9.17) is 0 Å². The molecule has 0 amide bonds. The Labute approximate surface area is 233 Å². The van der Waals surface area contributed by atoms with Crippen LogP contribution in [0.15, 0.2) is 119 Å². The molecule has 0 N–H and O–H groups in total. The van der Waals surface area contributed by atoms with Crippen molar-refractivity contribution >= 4 is 3.81 Å². The third-order valence-electron chi connectivity index (χ3n) is 7.13. The molecule has 4 aromatic carbocycles. The third kappa shape index (κ3) is 4.76. The zero-order valence-corrected chi connectivity index (χ0v) is 23.6. The molecule has 0 aliphatic heterocycles. The van der Waals surface area contributed by atoms with E-state index >= 15 is 0 Å². The first-order valence-electron chi connectivity index (χ1n) is 12.1. The van der Waals surface area contributed by atoms with Crippen LogP contribution < -0.4 is 24.8 Å². The maximum Gasteiger partial charge on any atom is -1.00 e. The van der Waals surface area contributed by atoms with Crippen LogP contribution in [0.4, 0.5) is 0 Å². The van der Waals surface area contributed by atoms with Gasteiger partial charge < -0.3 is 24.8 Å². The topological polar surface area (TPSA) is 0 Å². The van der Waals surface area contributed by atoms with Crippen molar-refractivity contribution in [2.75, 3.05) is 0 Å². The molecule has 0 spiro atoms. The number of aryl methyl sites for hydroxylation is 2. The molecule has 0 radical (unpaired) electrons. The first kappa shape index (κ1) is 26.6. The van der Waals surface area contributed by atoms with Crippen molar-refractivity contribution in [1.29, 1.82) is 0 Å². The number of halogens is 2. The fourth-order valence-electron chi connectivity index (χ4n) is 5.64. The second-order valence-electron chi connectivity index (χ2n) is 9.46. The van der Waals surface area contributed by atoms with Crippen molar-refractivity contribution in [3.05, 3.63) is 153 Å². The van der Waals surface area contributed by atoms with Crippen molar-refractivity contribution in [2.24, 2.45) is 0 Å². The van der Waals surface area contributed by atoms with Crippen LogP contribution in [-0.4, -0.2) is 3.81 Å². The van der Waals surface area contributed by atoms with Crippen molar-refractivity contribution < 1.29 is 42.2 Å². The summed E-state index contributed by atoms with van der Waals surface area (Å²) in [5, 5.41) is 0. The molecule has 4 aromatic rings. The van der Waals surface area contributed by atoms with Crippen LogP contribution in [0, 0.1) is 13.8 Å². The van der Waals surface area contributed by atoms with Gasteiger partial charge in [0, 0.05) is 0 Å². The van der Waals surface area contributed by atoms with Gasteiger partial charge in [-0.3, -0.25) is 0 Å². The summed E-state index contributed by atoms with van der Waals surface area (Å²) in [5.74, 6) is 0. The fourth-order valence-corrected chi connectivity index (χ4v) is 11.3. The summed E-state index contributed by atoms with van der Waals surface area (Å²) in [6.07, 6.45) is 8.14. The number of allylic oxidation sites excluding steroid dienone is 4. The maximum atomic E-state index is 2.47. The van der Waals surface area contributed by atoms with Gasteiger partial charge in [-0.15, -0.1) is 0 Å². The second-order valence-corrected chi connectivity index (χ2v) is 13.4. The summed E-state index contributed by atoms with van der Waals surface area (Å²) in [6.45, 7) is 4.47. The molecule has 36 heavy (non-hydrogen) atoms. The summed E-state index contributed by atoms with van der Waals surface area (Å²) >= 11 is -2.10. The van der Waals surface area contributed by atoms with Crippen LogP contribution in [-0.2, 0) is 17.4 Å². The fraction of sp³-hybridized carbons (Fsp3) is 0.121. The van der Waals surface area contributed by atoms with Gasteiger partial charge in [-0.25, -0.2) is 0 Å². The van der Waals surface area contributed by atoms with Crippen molar-refractivity contribution in [2.45, 2.75) is 24.5 Å². The largest absolute Gasteiger partial charge is 1.00 e. The van der Waals surface area contributed by atoms with E-state index in [0.29, 0.717) is 4.22 Å². The third-order valence-corrected chi connectivity index (χ3v) is 12.4. The number of hydrogen-bond acceptors (Lipinski definition) is 0. The van der Waals surface area contributed by atoms with Crippen LogP contribution in [0.3, 0.4) is 0 Å². The van der Waals surface area contributed by atoms with E-state index in [0.717, 1.165) is 6.42 Å². The van der Waals surface area contributed by atoms with E-state index in [1.165, 1.54) is 44.5 Å². The Bertz CT molecular complexity index is 1390. The Balaban J connectivity index is 0.00000152. The average molecular weight is 543 g/mol. The summed E-state index contributed by atoms with van der Waals surface area (Å²) in [5.41, 5.74) is 11.4. The molecular weight excluding hydrogens is 515 g/mol. The molecule has 0 unspecified atom stereocenters. The molecule has 2 aliphatic rings. The average Bonchev–Trinajstić information content (AvgIpc) is 3.50. The maximum absolute atomic E-state index is 2.47. The molecule has 0 nitrogen and oxygen atoms in total. The minimum atomic E-state index is -2.10. The van der Waals surface area contributed by atoms with Gasteiger partial charge >= 0.3 is 209 Å². The molecule has 2 aliphatic carbocycles. The zero-order valence-electron chi connectivity index (χ0n) is 20.5. The van der Waals surface area contributed by atoms with Crippen LogP contribution in [0.1, 0.15) is 44.0 Å². The van der Waals surface area contributed by atoms with Gasteiger partial charge in [0.05, 0.1) is 0 Å².